The van der Waals surface area contributed by atoms with Crippen molar-refractivity contribution in [3.05, 3.63) is 58.8 Å². The van der Waals surface area contributed by atoms with Crippen LogP contribution >= 0.6 is 11.6 Å². The molecule has 0 spiro atoms. The van der Waals surface area contributed by atoms with E-state index in [1.54, 1.807) is 24.3 Å². The number of hydrogen-bond acceptors (Lipinski definition) is 3. The average molecular weight is 341 g/mol. The molecule has 1 aliphatic rings. The molecule has 0 fully saturated rings. The van der Waals surface area contributed by atoms with E-state index >= 15 is 0 Å². The number of benzene rings is 2. The van der Waals surface area contributed by atoms with Gasteiger partial charge < -0.3 is 9.73 Å². The molecular weight excluding hydrogens is 328 g/mol. The first kappa shape index (κ1) is 14.8. The number of para-hydroxylation sites is 3. The lowest BCUT2D eigenvalue weighted by Crippen LogP contribution is -2.42. The molecule has 120 valence electrons. The Labute approximate surface area is 142 Å². The summed E-state index contributed by atoms with van der Waals surface area (Å²) in [7, 11) is 0. The topological polar surface area (TPSA) is 62.6 Å². The quantitative estimate of drug-likeness (QED) is 0.728. The predicted octanol–water partition coefficient (Wildman–Crippen LogP) is 3.99. The van der Waals surface area contributed by atoms with E-state index in [-0.39, 0.29) is 24.1 Å². The lowest BCUT2D eigenvalue weighted by molar-refractivity contribution is -0.115. The lowest BCUT2D eigenvalue weighted by Gasteiger charge is -2.28. The summed E-state index contributed by atoms with van der Waals surface area (Å²) < 4.78 is 5.74. The largest absolute Gasteiger partial charge is 0.449 e. The van der Waals surface area contributed by atoms with Crippen molar-refractivity contribution in [3.8, 4) is 0 Å². The number of amides is 2. The highest BCUT2D eigenvalue weighted by molar-refractivity contribution is 6.35. The van der Waals surface area contributed by atoms with Crippen LogP contribution in [0.3, 0.4) is 0 Å². The molecule has 1 aliphatic heterocycles. The Balaban J connectivity index is 1.84. The highest BCUT2D eigenvalue weighted by atomic mass is 35.5. The zero-order valence-corrected chi connectivity index (χ0v) is 13.6. The minimum Gasteiger partial charge on any atom is -0.449 e. The van der Waals surface area contributed by atoms with Gasteiger partial charge >= 0.3 is 0 Å². The molecular formula is C18H13ClN2O3. The van der Waals surface area contributed by atoms with Gasteiger partial charge in [-0.3, -0.25) is 14.5 Å². The van der Waals surface area contributed by atoms with Gasteiger partial charge in [0, 0.05) is 10.9 Å². The third-order valence-electron chi connectivity index (χ3n) is 4.13. The molecule has 1 N–H and O–H groups in total. The maximum absolute atomic E-state index is 13.0. The van der Waals surface area contributed by atoms with E-state index in [1.165, 1.54) is 4.90 Å². The van der Waals surface area contributed by atoms with Gasteiger partial charge in [-0.25, -0.2) is 0 Å². The number of furan rings is 1. The number of carbonyl (C=O) groups excluding carboxylic acids is 2. The molecule has 3 aromatic rings. The van der Waals surface area contributed by atoms with Crippen molar-refractivity contribution in [2.24, 2.45) is 0 Å². The van der Waals surface area contributed by atoms with Crippen molar-refractivity contribution in [2.75, 3.05) is 16.8 Å². The van der Waals surface area contributed by atoms with Crippen LogP contribution in [0, 0.1) is 6.92 Å². The molecule has 0 bridgehead atoms. The van der Waals surface area contributed by atoms with E-state index in [1.807, 2.05) is 25.1 Å². The summed E-state index contributed by atoms with van der Waals surface area (Å²) >= 11 is 6.15. The molecule has 0 aliphatic carbocycles. The van der Waals surface area contributed by atoms with E-state index in [0.717, 1.165) is 5.39 Å². The first-order valence-corrected chi connectivity index (χ1v) is 7.82. The Morgan fingerprint density at radius 2 is 2.00 bits per heavy atom. The third-order valence-corrected chi connectivity index (χ3v) is 4.42. The average Bonchev–Trinajstić information content (AvgIpc) is 2.92. The third kappa shape index (κ3) is 2.17. The fourth-order valence-electron chi connectivity index (χ4n) is 2.95. The highest BCUT2D eigenvalue weighted by Crippen LogP contribution is 2.34. The monoisotopic (exact) mass is 340 g/mol. The summed E-state index contributed by atoms with van der Waals surface area (Å²) in [5, 5.41) is 4.00. The molecule has 6 heteroatoms. The van der Waals surface area contributed by atoms with Crippen molar-refractivity contribution in [1.82, 2.24) is 0 Å². The van der Waals surface area contributed by atoms with E-state index in [2.05, 4.69) is 5.32 Å². The Kier molecular flexibility index (Phi) is 3.32. The number of anilines is 2. The molecule has 24 heavy (non-hydrogen) atoms. The van der Waals surface area contributed by atoms with Gasteiger partial charge in [-0.1, -0.05) is 35.9 Å². The van der Waals surface area contributed by atoms with Crippen molar-refractivity contribution in [2.45, 2.75) is 6.92 Å². The molecule has 5 nitrogen and oxygen atoms in total. The number of aryl methyl sites for hydroxylation is 1. The standard InChI is InChI=1S/C18H13ClN2O3/c1-10-11-5-4-6-12(19)17(11)24-16(10)18(23)21-9-15(22)20-13-7-2-3-8-14(13)21/h2-8H,9H2,1H3,(H,20,22). The molecule has 2 aromatic carbocycles. The molecule has 0 radical (unpaired) electrons. The van der Waals surface area contributed by atoms with Crippen LogP contribution in [0.2, 0.25) is 5.02 Å². The Hall–Kier alpha value is -2.79. The van der Waals surface area contributed by atoms with Crippen LogP contribution in [-0.2, 0) is 4.79 Å². The van der Waals surface area contributed by atoms with E-state index < -0.39 is 0 Å². The zero-order valence-electron chi connectivity index (χ0n) is 12.8. The Morgan fingerprint density at radius 3 is 2.79 bits per heavy atom. The van der Waals surface area contributed by atoms with E-state index in [9.17, 15) is 9.59 Å². The summed E-state index contributed by atoms with van der Waals surface area (Å²) in [5.74, 6) is -0.404. The second-order valence-corrected chi connectivity index (χ2v) is 6.04. The molecule has 0 unspecified atom stereocenters. The predicted molar refractivity (Wildman–Crippen MR) is 92.7 cm³/mol. The minimum atomic E-state index is -0.359. The number of carbonyl (C=O) groups is 2. The smallest absolute Gasteiger partial charge is 0.294 e. The van der Waals surface area contributed by atoms with Gasteiger partial charge in [0.2, 0.25) is 5.91 Å². The molecule has 0 saturated heterocycles. The fourth-order valence-corrected chi connectivity index (χ4v) is 3.16. The van der Waals surface area contributed by atoms with Crippen LogP contribution in [0.5, 0.6) is 0 Å². The first-order valence-electron chi connectivity index (χ1n) is 7.44. The minimum absolute atomic E-state index is 0.0555. The molecule has 1 aromatic heterocycles. The molecule has 0 saturated carbocycles. The maximum Gasteiger partial charge on any atom is 0.294 e. The number of nitrogens with zero attached hydrogens (tertiary/aromatic N) is 1. The molecule has 2 amide bonds. The van der Waals surface area contributed by atoms with Crippen molar-refractivity contribution in [3.63, 3.8) is 0 Å². The normalized spacial score (nSPS) is 13.8. The van der Waals surface area contributed by atoms with Crippen LogP contribution in [-0.4, -0.2) is 18.4 Å². The summed E-state index contributed by atoms with van der Waals surface area (Å²) in [6.45, 7) is 1.76. The van der Waals surface area contributed by atoms with Crippen LogP contribution < -0.4 is 10.2 Å². The SMILES string of the molecule is Cc1c(C(=O)N2CC(=O)Nc3ccccc32)oc2c(Cl)cccc12. The van der Waals surface area contributed by atoms with Crippen LogP contribution in [0.1, 0.15) is 16.1 Å². The van der Waals surface area contributed by atoms with E-state index in [0.29, 0.717) is 27.5 Å². The molecule has 2 heterocycles. The van der Waals surface area contributed by atoms with Gasteiger partial charge in [0.05, 0.1) is 16.4 Å². The van der Waals surface area contributed by atoms with E-state index in [4.69, 9.17) is 16.0 Å². The number of nitrogens with one attached hydrogen (secondary N) is 1. The summed E-state index contributed by atoms with van der Waals surface area (Å²) in [4.78, 5) is 26.4. The van der Waals surface area contributed by atoms with Crippen LogP contribution in [0.15, 0.2) is 46.9 Å². The second-order valence-electron chi connectivity index (χ2n) is 5.63. The molecule has 0 atom stereocenters. The van der Waals surface area contributed by atoms with Gasteiger partial charge in [0.25, 0.3) is 5.91 Å². The Bertz CT molecular complexity index is 993. The van der Waals surface area contributed by atoms with Crippen LogP contribution in [0.25, 0.3) is 11.0 Å². The van der Waals surface area contributed by atoms with Crippen molar-refractivity contribution in [1.29, 1.82) is 0 Å². The maximum atomic E-state index is 13.0. The van der Waals surface area contributed by atoms with Gasteiger partial charge in [-0.2, -0.15) is 0 Å². The Morgan fingerprint density at radius 1 is 1.21 bits per heavy atom. The molecule has 4 rings (SSSR count). The van der Waals surface area contributed by atoms with Crippen LogP contribution in [0.4, 0.5) is 11.4 Å². The lowest BCUT2D eigenvalue weighted by atomic mass is 10.1. The second kappa shape index (κ2) is 5.39. The highest BCUT2D eigenvalue weighted by Gasteiger charge is 2.31. The van der Waals surface area contributed by atoms with Gasteiger partial charge in [0.15, 0.2) is 11.3 Å². The summed E-state index contributed by atoms with van der Waals surface area (Å²) in [5.41, 5.74) is 2.44. The number of fused-ring (bicyclic) bond motifs is 2. The number of halogens is 1. The number of hydrogen-bond donors (Lipinski definition) is 1. The van der Waals surface area contributed by atoms with Crippen molar-refractivity contribution < 1.29 is 14.0 Å². The fraction of sp³-hybridized carbons (Fsp3) is 0.111. The van der Waals surface area contributed by atoms with Gasteiger partial charge in [-0.05, 0) is 25.1 Å². The summed E-state index contributed by atoms with van der Waals surface area (Å²) in [6.07, 6.45) is 0. The number of rotatable bonds is 1. The summed E-state index contributed by atoms with van der Waals surface area (Å²) in [6, 6.07) is 12.6. The van der Waals surface area contributed by atoms with Gasteiger partial charge in [-0.15, -0.1) is 0 Å². The van der Waals surface area contributed by atoms with Crippen molar-refractivity contribution >= 4 is 45.8 Å². The van der Waals surface area contributed by atoms with Gasteiger partial charge in [0.1, 0.15) is 6.54 Å². The first-order chi connectivity index (χ1) is 11.6. The zero-order chi connectivity index (χ0) is 16.8.